The fraction of sp³-hybridized carbons (Fsp3) is 0.400. The summed E-state index contributed by atoms with van der Waals surface area (Å²) in [5.41, 5.74) is 4.44. The van der Waals surface area contributed by atoms with Gasteiger partial charge in [0.15, 0.2) is 11.6 Å². The van der Waals surface area contributed by atoms with Gasteiger partial charge < -0.3 is 10.8 Å². The van der Waals surface area contributed by atoms with Crippen molar-refractivity contribution in [3.63, 3.8) is 0 Å². The van der Waals surface area contributed by atoms with Crippen LogP contribution in [0.25, 0.3) is 0 Å². The molecule has 0 amide bonds. The molecule has 0 bridgehead atoms. The van der Waals surface area contributed by atoms with Gasteiger partial charge in [0.25, 0.3) is 5.92 Å². The van der Waals surface area contributed by atoms with Gasteiger partial charge in [-0.2, -0.15) is 0 Å². The summed E-state index contributed by atoms with van der Waals surface area (Å²) < 4.78 is 52.4. The minimum Gasteiger partial charge on any atom is -0.390 e. The first-order valence-electron chi connectivity index (χ1n) is 4.50. The lowest BCUT2D eigenvalue weighted by Crippen LogP contribution is -2.37. The van der Waals surface area contributed by atoms with Gasteiger partial charge in [-0.05, 0) is 12.5 Å². The molecule has 6 heteroatoms. The van der Waals surface area contributed by atoms with Crippen LogP contribution in [0, 0.1) is 18.6 Å². The molecular weight excluding hydrogens is 226 g/mol. The van der Waals surface area contributed by atoms with Crippen molar-refractivity contribution in [2.45, 2.75) is 18.9 Å². The average Bonchev–Trinajstić information content (AvgIpc) is 2.25. The minimum atomic E-state index is -3.69. The van der Waals surface area contributed by atoms with Gasteiger partial charge in [-0.1, -0.05) is 12.1 Å². The Bertz CT molecular complexity index is 395. The van der Waals surface area contributed by atoms with E-state index in [1.54, 1.807) is 0 Å². The second kappa shape index (κ2) is 4.39. The van der Waals surface area contributed by atoms with Crippen molar-refractivity contribution in [1.29, 1.82) is 0 Å². The van der Waals surface area contributed by atoms with Crippen LogP contribution in [-0.2, 0) is 0 Å². The van der Waals surface area contributed by atoms with E-state index in [2.05, 4.69) is 0 Å². The first-order chi connectivity index (χ1) is 7.31. The van der Waals surface area contributed by atoms with Gasteiger partial charge in [-0.25, -0.2) is 17.6 Å². The normalized spacial score (nSPS) is 13.9. The number of alkyl halides is 2. The Hall–Kier alpha value is -1.14. The highest BCUT2D eigenvalue weighted by molar-refractivity contribution is 5.28. The molecule has 0 saturated carbocycles. The topological polar surface area (TPSA) is 46.2 Å². The van der Waals surface area contributed by atoms with Crippen molar-refractivity contribution in [2.75, 3.05) is 6.61 Å². The largest absolute Gasteiger partial charge is 0.390 e. The molecule has 1 atom stereocenters. The second-order valence-corrected chi connectivity index (χ2v) is 3.50. The molecule has 0 fully saturated rings. The van der Waals surface area contributed by atoms with Crippen LogP contribution >= 0.6 is 0 Å². The van der Waals surface area contributed by atoms with Crippen LogP contribution in [0.1, 0.15) is 17.2 Å². The molecular formula is C10H11F4NO. The Morgan fingerprint density at radius 1 is 1.31 bits per heavy atom. The Balaban J connectivity index is 3.20. The maximum atomic E-state index is 13.3. The van der Waals surface area contributed by atoms with E-state index in [1.165, 1.54) is 6.92 Å². The van der Waals surface area contributed by atoms with Crippen molar-refractivity contribution in [2.24, 2.45) is 5.73 Å². The molecule has 1 aromatic carbocycles. The summed E-state index contributed by atoms with van der Waals surface area (Å²) in [5, 5.41) is 8.39. The number of benzene rings is 1. The van der Waals surface area contributed by atoms with Gasteiger partial charge in [0.05, 0.1) is 6.04 Å². The average molecular weight is 237 g/mol. The third kappa shape index (κ3) is 2.17. The third-order valence-electron chi connectivity index (χ3n) is 2.31. The van der Waals surface area contributed by atoms with E-state index in [-0.39, 0.29) is 5.56 Å². The second-order valence-electron chi connectivity index (χ2n) is 3.50. The number of aryl methyl sites for hydroxylation is 1. The van der Waals surface area contributed by atoms with Crippen molar-refractivity contribution in [3.05, 3.63) is 34.9 Å². The summed E-state index contributed by atoms with van der Waals surface area (Å²) in [6.45, 7) is -0.221. The predicted octanol–water partition coefficient (Wildman–Crippen LogP) is 1.90. The number of aliphatic hydroxyl groups is 1. The fourth-order valence-corrected chi connectivity index (χ4v) is 1.23. The van der Waals surface area contributed by atoms with Crippen LogP contribution in [0.3, 0.4) is 0 Å². The lowest BCUT2D eigenvalue weighted by molar-refractivity contribution is -0.0719. The molecule has 16 heavy (non-hydrogen) atoms. The molecule has 0 saturated heterocycles. The van der Waals surface area contributed by atoms with Gasteiger partial charge >= 0.3 is 0 Å². The third-order valence-corrected chi connectivity index (χ3v) is 2.31. The first-order valence-corrected chi connectivity index (χ1v) is 4.50. The van der Waals surface area contributed by atoms with Gasteiger partial charge in [-0.15, -0.1) is 0 Å². The summed E-state index contributed by atoms with van der Waals surface area (Å²) in [6, 6.07) is 0.0656. The van der Waals surface area contributed by atoms with E-state index in [0.717, 1.165) is 12.1 Å². The molecule has 3 N–H and O–H groups in total. The molecule has 0 aliphatic rings. The molecule has 0 spiro atoms. The molecule has 1 rings (SSSR count). The van der Waals surface area contributed by atoms with Gasteiger partial charge in [0.1, 0.15) is 6.61 Å². The highest BCUT2D eigenvalue weighted by Gasteiger charge is 2.39. The molecule has 90 valence electrons. The maximum absolute atomic E-state index is 13.3. The van der Waals surface area contributed by atoms with Crippen LogP contribution < -0.4 is 5.73 Å². The lowest BCUT2D eigenvalue weighted by Gasteiger charge is -2.22. The van der Waals surface area contributed by atoms with Crippen LogP contribution in [0.2, 0.25) is 0 Å². The fourth-order valence-electron chi connectivity index (χ4n) is 1.23. The first kappa shape index (κ1) is 12.9. The summed E-state index contributed by atoms with van der Waals surface area (Å²) in [6.07, 6.45) is 0. The highest BCUT2D eigenvalue weighted by atomic mass is 19.3. The number of hydrogen-bond donors (Lipinski definition) is 2. The molecule has 1 aromatic rings. The zero-order valence-corrected chi connectivity index (χ0v) is 8.48. The van der Waals surface area contributed by atoms with E-state index < -0.39 is 35.8 Å². The van der Waals surface area contributed by atoms with Crippen molar-refractivity contribution in [3.8, 4) is 0 Å². The van der Waals surface area contributed by atoms with Crippen molar-refractivity contribution >= 4 is 0 Å². The Labute approximate surface area is 89.7 Å². The van der Waals surface area contributed by atoms with E-state index in [0.29, 0.717) is 0 Å². The van der Waals surface area contributed by atoms with E-state index in [1.807, 2.05) is 0 Å². The molecule has 2 nitrogen and oxygen atoms in total. The molecule has 0 aliphatic carbocycles. The molecule has 0 radical (unpaired) electrons. The zero-order valence-electron chi connectivity index (χ0n) is 8.48. The molecule has 0 aromatic heterocycles. The van der Waals surface area contributed by atoms with E-state index in [4.69, 9.17) is 10.8 Å². The molecule has 0 unspecified atom stereocenters. The van der Waals surface area contributed by atoms with Crippen LogP contribution in [0.5, 0.6) is 0 Å². The smallest absolute Gasteiger partial charge is 0.289 e. The van der Waals surface area contributed by atoms with Crippen LogP contribution in [0.15, 0.2) is 12.1 Å². The number of nitrogens with two attached hydrogens (primary N) is 1. The lowest BCUT2D eigenvalue weighted by atomic mass is 9.99. The number of halogens is 4. The van der Waals surface area contributed by atoms with Crippen molar-refractivity contribution in [1.82, 2.24) is 0 Å². The summed E-state index contributed by atoms with van der Waals surface area (Å²) in [7, 11) is 0. The SMILES string of the molecule is Cc1ccc([C@@H](N)C(F)(F)CO)c(F)c1F. The van der Waals surface area contributed by atoms with Gasteiger partial charge in [-0.3, -0.25) is 0 Å². The van der Waals surface area contributed by atoms with Crippen molar-refractivity contribution < 1.29 is 22.7 Å². The monoisotopic (exact) mass is 237 g/mol. The Kier molecular flexibility index (Phi) is 3.54. The maximum Gasteiger partial charge on any atom is 0.289 e. The minimum absolute atomic E-state index is 0.000708. The quantitative estimate of drug-likeness (QED) is 0.789. The summed E-state index contributed by atoms with van der Waals surface area (Å²) >= 11 is 0. The van der Waals surface area contributed by atoms with Crippen LogP contribution in [0.4, 0.5) is 17.6 Å². The summed E-state index contributed by atoms with van der Waals surface area (Å²) in [4.78, 5) is 0. The predicted molar refractivity (Wildman–Crippen MR) is 50.1 cm³/mol. The molecule has 0 heterocycles. The zero-order chi connectivity index (χ0) is 12.5. The molecule has 0 aliphatic heterocycles. The Morgan fingerprint density at radius 2 is 1.88 bits per heavy atom. The number of rotatable bonds is 3. The Morgan fingerprint density at radius 3 is 2.38 bits per heavy atom. The van der Waals surface area contributed by atoms with E-state index in [9.17, 15) is 17.6 Å². The van der Waals surface area contributed by atoms with Gasteiger partial charge in [0.2, 0.25) is 0 Å². The standard InChI is InChI=1S/C10H11F4NO/c1-5-2-3-6(8(12)7(5)11)9(15)10(13,14)4-16/h2-3,9,16H,4,15H2,1H3/t9-/m1/s1. The van der Waals surface area contributed by atoms with Gasteiger partial charge in [0, 0.05) is 5.56 Å². The van der Waals surface area contributed by atoms with E-state index >= 15 is 0 Å². The summed E-state index contributed by atoms with van der Waals surface area (Å²) in [5.74, 6) is -6.30. The number of hydrogen-bond acceptors (Lipinski definition) is 2. The highest BCUT2D eigenvalue weighted by Crippen LogP contribution is 2.31. The van der Waals surface area contributed by atoms with Crippen LogP contribution in [-0.4, -0.2) is 17.6 Å². The number of aliphatic hydroxyl groups excluding tert-OH is 1.